The Morgan fingerprint density at radius 1 is 1.15 bits per heavy atom. The molecule has 1 aromatic heterocycles. The number of fused-ring (bicyclic) bond motifs is 1. The first kappa shape index (κ1) is 17.6. The summed E-state index contributed by atoms with van der Waals surface area (Å²) in [6.45, 7) is 5.17. The Morgan fingerprint density at radius 2 is 2.00 bits per heavy atom. The molecule has 0 atom stereocenters. The van der Waals surface area contributed by atoms with Crippen molar-refractivity contribution in [3.63, 3.8) is 0 Å². The van der Waals surface area contributed by atoms with Gasteiger partial charge in [0.25, 0.3) is 0 Å². The van der Waals surface area contributed by atoms with Crippen LogP contribution in [0.3, 0.4) is 0 Å². The molecule has 5 nitrogen and oxygen atoms in total. The standard InChI is InChI=1S/C21H21N3O2/c1-3-11-26-19-10-9-15(13-20(19)25-4-2)12-16(14-22)21-23-17-7-5-6-8-18(17)24-21/h5-10,12-13H,3-4,11H2,1-2H3,(H,23,24). The largest absolute Gasteiger partial charge is 0.490 e. The van der Waals surface area contributed by atoms with Gasteiger partial charge >= 0.3 is 0 Å². The lowest BCUT2D eigenvalue weighted by Crippen LogP contribution is -2.00. The van der Waals surface area contributed by atoms with Gasteiger partial charge < -0.3 is 14.5 Å². The molecule has 1 heterocycles. The molecule has 0 radical (unpaired) electrons. The Morgan fingerprint density at radius 3 is 2.73 bits per heavy atom. The smallest absolute Gasteiger partial charge is 0.161 e. The molecule has 0 bridgehead atoms. The summed E-state index contributed by atoms with van der Waals surface area (Å²) in [6, 6.07) is 15.6. The van der Waals surface area contributed by atoms with Crippen LogP contribution in [0.1, 0.15) is 31.7 Å². The van der Waals surface area contributed by atoms with Crippen LogP contribution >= 0.6 is 0 Å². The van der Waals surface area contributed by atoms with Gasteiger partial charge in [-0.15, -0.1) is 0 Å². The number of aromatic amines is 1. The van der Waals surface area contributed by atoms with E-state index in [2.05, 4.69) is 23.0 Å². The lowest BCUT2D eigenvalue weighted by molar-refractivity contribution is 0.277. The number of benzene rings is 2. The zero-order valence-corrected chi connectivity index (χ0v) is 15.0. The number of imidazole rings is 1. The summed E-state index contributed by atoms with van der Waals surface area (Å²) in [7, 11) is 0. The second-order valence-electron chi connectivity index (χ2n) is 5.76. The topological polar surface area (TPSA) is 70.9 Å². The van der Waals surface area contributed by atoms with Crippen molar-refractivity contribution in [1.82, 2.24) is 9.97 Å². The minimum atomic E-state index is 0.464. The monoisotopic (exact) mass is 347 g/mol. The fraction of sp³-hybridized carbons (Fsp3) is 0.238. The second kappa shape index (κ2) is 8.21. The normalized spacial score (nSPS) is 11.3. The Kier molecular flexibility index (Phi) is 5.55. The van der Waals surface area contributed by atoms with Crippen molar-refractivity contribution < 1.29 is 9.47 Å². The number of nitriles is 1. The number of aromatic nitrogens is 2. The third kappa shape index (κ3) is 3.86. The highest BCUT2D eigenvalue weighted by Crippen LogP contribution is 2.30. The average molecular weight is 347 g/mol. The summed E-state index contributed by atoms with van der Waals surface area (Å²) in [5.41, 5.74) is 3.06. The van der Waals surface area contributed by atoms with Crippen LogP contribution in [0.25, 0.3) is 22.7 Å². The van der Waals surface area contributed by atoms with Gasteiger partial charge in [-0.1, -0.05) is 25.1 Å². The maximum Gasteiger partial charge on any atom is 0.161 e. The maximum atomic E-state index is 9.58. The summed E-state index contributed by atoms with van der Waals surface area (Å²) in [6.07, 6.45) is 2.72. The molecule has 3 rings (SSSR count). The van der Waals surface area contributed by atoms with Crippen molar-refractivity contribution in [2.45, 2.75) is 20.3 Å². The number of nitrogens with one attached hydrogen (secondary N) is 1. The first-order valence-electron chi connectivity index (χ1n) is 8.71. The van der Waals surface area contributed by atoms with Gasteiger partial charge in [0.2, 0.25) is 0 Å². The minimum absolute atomic E-state index is 0.464. The molecule has 5 heteroatoms. The van der Waals surface area contributed by atoms with Gasteiger partial charge in [0.05, 0.1) is 29.8 Å². The lowest BCUT2D eigenvalue weighted by Gasteiger charge is -2.12. The molecule has 0 unspecified atom stereocenters. The number of nitrogens with zero attached hydrogens (tertiary/aromatic N) is 2. The van der Waals surface area contributed by atoms with Crippen LogP contribution in [0.5, 0.6) is 11.5 Å². The van der Waals surface area contributed by atoms with Gasteiger partial charge in [-0.3, -0.25) is 0 Å². The second-order valence-corrected chi connectivity index (χ2v) is 5.76. The van der Waals surface area contributed by atoms with Gasteiger partial charge in [0.1, 0.15) is 11.9 Å². The zero-order valence-electron chi connectivity index (χ0n) is 15.0. The third-order valence-corrected chi connectivity index (χ3v) is 3.81. The summed E-state index contributed by atoms with van der Waals surface area (Å²) >= 11 is 0. The van der Waals surface area contributed by atoms with E-state index in [4.69, 9.17) is 9.47 Å². The molecule has 0 amide bonds. The van der Waals surface area contributed by atoms with Crippen molar-refractivity contribution in [3.05, 3.63) is 53.9 Å². The summed E-state index contributed by atoms with van der Waals surface area (Å²) in [4.78, 5) is 7.68. The molecule has 1 N–H and O–H groups in total. The highest BCUT2D eigenvalue weighted by atomic mass is 16.5. The summed E-state index contributed by atoms with van der Waals surface area (Å²) in [5, 5.41) is 9.58. The lowest BCUT2D eigenvalue weighted by atomic mass is 10.1. The zero-order chi connectivity index (χ0) is 18.4. The van der Waals surface area contributed by atoms with Crippen molar-refractivity contribution in [2.24, 2.45) is 0 Å². The van der Waals surface area contributed by atoms with Gasteiger partial charge in [0, 0.05) is 0 Å². The van der Waals surface area contributed by atoms with Crippen LogP contribution < -0.4 is 9.47 Å². The molecular weight excluding hydrogens is 326 g/mol. The van der Waals surface area contributed by atoms with Gasteiger partial charge in [-0.2, -0.15) is 5.26 Å². The Labute approximate surface area is 152 Å². The predicted octanol–water partition coefficient (Wildman–Crippen LogP) is 4.81. The fourth-order valence-corrected chi connectivity index (χ4v) is 2.61. The number of hydrogen-bond donors (Lipinski definition) is 1. The number of H-pyrrole nitrogens is 1. The number of rotatable bonds is 7. The SMILES string of the molecule is CCCOc1ccc(C=C(C#N)c2nc3ccccc3[nH]2)cc1OCC. The van der Waals surface area contributed by atoms with E-state index in [0.717, 1.165) is 23.0 Å². The highest BCUT2D eigenvalue weighted by Gasteiger charge is 2.10. The maximum absolute atomic E-state index is 9.58. The number of para-hydroxylation sites is 2. The van der Waals surface area contributed by atoms with Gasteiger partial charge in [-0.05, 0) is 49.2 Å². The van der Waals surface area contributed by atoms with Crippen molar-refractivity contribution in [3.8, 4) is 17.6 Å². The van der Waals surface area contributed by atoms with E-state index in [0.29, 0.717) is 36.1 Å². The van der Waals surface area contributed by atoms with Gasteiger partial charge in [0.15, 0.2) is 11.5 Å². The van der Waals surface area contributed by atoms with E-state index < -0.39 is 0 Å². The van der Waals surface area contributed by atoms with Crippen LogP contribution in [0, 0.1) is 11.3 Å². The number of hydrogen-bond acceptors (Lipinski definition) is 4. The van der Waals surface area contributed by atoms with Crippen LogP contribution in [0.2, 0.25) is 0 Å². The molecule has 0 fully saturated rings. The third-order valence-electron chi connectivity index (χ3n) is 3.81. The van der Waals surface area contributed by atoms with E-state index in [1.54, 1.807) is 6.08 Å². The van der Waals surface area contributed by atoms with Crippen molar-refractivity contribution >= 4 is 22.7 Å². The van der Waals surface area contributed by atoms with Crippen LogP contribution in [0.4, 0.5) is 0 Å². The Bertz CT molecular complexity index is 934. The van der Waals surface area contributed by atoms with Crippen molar-refractivity contribution in [2.75, 3.05) is 13.2 Å². The molecule has 2 aromatic carbocycles. The molecule has 0 saturated carbocycles. The number of ether oxygens (including phenoxy) is 2. The Balaban J connectivity index is 1.95. The highest BCUT2D eigenvalue weighted by molar-refractivity contribution is 5.90. The molecule has 26 heavy (non-hydrogen) atoms. The van der Waals surface area contributed by atoms with E-state index in [9.17, 15) is 5.26 Å². The van der Waals surface area contributed by atoms with Crippen LogP contribution in [-0.4, -0.2) is 23.2 Å². The molecule has 0 spiro atoms. The molecule has 0 saturated heterocycles. The first-order valence-corrected chi connectivity index (χ1v) is 8.71. The van der Waals surface area contributed by atoms with Crippen LogP contribution in [-0.2, 0) is 0 Å². The van der Waals surface area contributed by atoms with Gasteiger partial charge in [-0.25, -0.2) is 4.98 Å². The first-order chi connectivity index (χ1) is 12.7. The summed E-state index contributed by atoms with van der Waals surface area (Å²) < 4.78 is 11.4. The predicted molar refractivity (Wildman–Crippen MR) is 103 cm³/mol. The van der Waals surface area contributed by atoms with E-state index >= 15 is 0 Å². The molecule has 0 aliphatic carbocycles. The van der Waals surface area contributed by atoms with Crippen LogP contribution in [0.15, 0.2) is 42.5 Å². The fourth-order valence-electron chi connectivity index (χ4n) is 2.61. The Hall–Kier alpha value is -3.26. The van der Waals surface area contributed by atoms with E-state index in [1.165, 1.54) is 0 Å². The molecule has 132 valence electrons. The average Bonchev–Trinajstić information content (AvgIpc) is 3.09. The molecule has 0 aliphatic heterocycles. The molecule has 3 aromatic rings. The minimum Gasteiger partial charge on any atom is -0.490 e. The quantitative estimate of drug-likeness (QED) is 0.622. The van der Waals surface area contributed by atoms with E-state index in [1.807, 2.05) is 49.4 Å². The molecular formula is C21H21N3O2. The van der Waals surface area contributed by atoms with Crippen molar-refractivity contribution in [1.29, 1.82) is 5.26 Å². The molecule has 0 aliphatic rings. The van der Waals surface area contributed by atoms with E-state index in [-0.39, 0.29) is 0 Å². The number of allylic oxidation sites excluding steroid dienone is 1. The summed E-state index contributed by atoms with van der Waals surface area (Å²) in [5.74, 6) is 1.95.